The van der Waals surface area contributed by atoms with Crippen LogP contribution < -0.4 is 5.32 Å². The number of nitrogens with one attached hydrogen (secondary N) is 1. The summed E-state index contributed by atoms with van der Waals surface area (Å²) in [4.78, 5) is 29.5. The first-order valence-electron chi connectivity index (χ1n) is 12.5. The van der Waals surface area contributed by atoms with Crippen LogP contribution in [0.1, 0.15) is 59.5 Å². The van der Waals surface area contributed by atoms with Crippen LogP contribution in [-0.2, 0) is 10.3 Å². The lowest BCUT2D eigenvalue weighted by Crippen LogP contribution is -2.59. The number of furan rings is 2. The zero-order valence-electron chi connectivity index (χ0n) is 20.0. The normalized spacial score (nSPS) is 30.0. The van der Waals surface area contributed by atoms with Crippen LogP contribution in [0, 0.1) is 5.41 Å². The van der Waals surface area contributed by atoms with Gasteiger partial charge < -0.3 is 8.83 Å². The molecule has 0 amide bonds. The smallest absolute Gasteiger partial charge is 0.189 e. The summed E-state index contributed by atoms with van der Waals surface area (Å²) < 4.78 is 13.1. The molecule has 1 saturated carbocycles. The van der Waals surface area contributed by atoms with E-state index in [1.807, 2.05) is 66.7 Å². The van der Waals surface area contributed by atoms with Gasteiger partial charge in [-0.3, -0.25) is 14.9 Å². The molecular formula is C30H23Br2NO4. The minimum Gasteiger partial charge on any atom is -0.454 e. The minimum atomic E-state index is -1.19. The third kappa shape index (κ3) is 2.99. The molecule has 2 fully saturated rings. The SMILES string of the molecule is CC1N[C@@]2(C(=O)c3cccc4cccc2c34)[C@@]2(CCC/C(=C\c3ccc(Br)o3)C2=O)[C@H]1c1ccc(Br)o1. The summed E-state index contributed by atoms with van der Waals surface area (Å²) in [6, 6.07) is 19.1. The highest BCUT2D eigenvalue weighted by molar-refractivity contribution is 9.10. The maximum absolute atomic E-state index is 14.9. The van der Waals surface area contributed by atoms with Gasteiger partial charge in [0.05, 0.1) is 5.41 Å². The van der Waals surface area contributed by atoms with E-state index >= 15 is 0 Å². The van der Waals surface area contributed by atoms with Crippen LogP contribution in [0.25, 0.3) is 16.8 Å². The standard InChI is InChI=1S/C30H23Br2NO4/c1-16-26(22-11-13-24(32)37-22)29(14-4-7-18(27(29)34)15-19-10-12-23(31)36-19)30(33-16)21-9-3-6-17-5-2-8-20(25(17)21)28(30)35/h2-3,5-6,8-13,15-16,26,33H,4,7,14H2,1H3/b18-15+/t16?,26-,29+,30+/m1/s1. The van der Waals surface area contributed by atoms with Crippen LogP contribution in [0.15, 0.2) is 84.4 Å². The molecule has 7 rings (SSSR count). The fourth-order valence-corrected chi connectivity index (χ4v) is 8.03. The molecular weight excluding hydrogens is 598 g/mol. The second-order valence-electron chi connectivity index (χ2n) is 10.3. The topological polar surface area (TPSA) is 72.5 Å². The highest BCUT2D eigenvalue weighted by Crippen LogP contribution is 2.66. The number of carbonyl (C=O) groups excluding carboxylic acids is 2. The Morgan fingerprint density at radius 1 is 0.946 bits per heavy atom. The first-order chi connectivity index (χ1) is 17.9. The van der Waals surface area contributed by atoms with Gasteiger partial charge in [-0.2, -0.15) is 0 Å². The van der Waals surface area contributed by atoms with E-state index in [-0.39, 0.29) is 23.5 Å². The van der Waals surface area contributed by atoms with Crippen molar-refractivity contribution < 1.29 is 18.4 Å². The van der Waals surface area contributed by atoms with Gasteiger partial charge in [0.25, 0.3) is 0 Å². The maximum Gasteiger partial charge on any atom is 0.189 e. The van der Waals surface area contributed by atoms with E-state index in [9.17, 15) is 9.59 Å². The van der Waals surface area contributed by atoms with E-state index in [4.69, 9.17) is 8.83 Å². The number of hydrogen-bond donors (Lipinski definition) is 1. The summed E-state index contributed by atoms with van der Waals surface area (Å²) in [6.45, 7) is 2.06. The second-order valence-corrected chi connectivity index (χ2v) is 11.9. The Balaban J connectivity index is 1.52. The third-order valence-electron chi connectivity index (χ3n) is 8.56. The second kappa shape index (κ2) is 8.13. The van der Waals surface area contributed by atoms with Crippen LogP contribution in [0.5, 0.6) is 0 Å². The molecule has 5 nitrogen and oxygen atoms in total. The molecule has 1 unspecified atom stereocenters. The lowest BCUT2D eigenvalue weighted by molar-refractivity contribution is -0.131. The predicted molar refractivity (Wildman–Crippen MR) is 147 cm³/mol. The van der Waals surface area contributed by atoms with Crippen LogP contribution in [0.2, 0.25) is 0 Å². The number of allylic oxidation sites excluding steroid dienone is 1. The van der Waals surface area contributed by atoms with Crippen molar-refractivity contribution in [2.24, 2.45) is 5.41 Å². The van der Waals surface area contributed by atoms with Gasteiger partial charge in [0.2, 0.25) is 0 Å². The van der Waals surface area contributed by atoms with Gasteiger partial charge in [-0.25, -0.2) is 0 Å². The third-order valence-corrected chi connectivity index (χ3v) is 9.42. The van der Waals surface area contributed by atoms with Gasteiger partial charge in [0, 0.05) is 17.5 Å². The van der Waals surface area contributed by atoms with E-state index in [1.165, 1.54) is 0 Å². The first kappa shape index (κ1) is 23.4. The van der Waals surface area contributed by atoms with E-state index in [1.54, 1.807) is 0 Å². The zero-order chi connectivity index (χ0) is 25.5. The summed E-state index contributed by atoms with van der Waals surface area (Å²) in [5, 5.41) is 5.67. The Morgan fingerprint density at radius 3 is 2.43 bits per heavy atom. The Labute approximate surface area is 230 Å². The van der Waals surface area contributed by atoms with Crippen molar-refractivity contribution in [3.05, 3.63) is 98.2 Å². The summed E-state index contributed by atoms with van der Waals surface area (Å²) in [5.74, 6) is 0.927. The Kier molecular flexibility index (Phi) is 5.14. The Morgan fingerprint density at radius 2 is 1.70 bits per heavy atom. The van der Waals surface area contributed by atoms with Crippen LogP contribution in [0.3, 0.4) is 0 Å². The van der Waals surface area contributed by atoms with Crippen molar-refractivity contribution in [2.75, 3.05) is 0 Å². The summed E-state index contributed by atoms with van der Waals surface area (Å²) in [5.41, 5.74) is -0.0230. The molecule has 7 heteroatoms. The Bertz CT molecular complexity index is 1640. The van der Waals surface area contributed by atoms with Gasteiger partial charge in [0.1, 0.15) is 17.1 Å². The quantitative estimate of drug-likeness (QED) is 0.234. The lowest BCUT2D eigenvalue weighted by Gasteiger charge is -2.47. The van der Waals surface area contributed by atoms with Gasteiger partial charge in [0.15, 0.2) is 20.9 Å². The van der Waals surface area contributed by atoms with Crippen LogP contribution >= 0.6 is 31.9 Å². The monoisotopic (exact) mass is 619 g/mol. The van der Waals surface area contributed by atoms with Crippen molar-refractivity contribution in [1.29, 1.82) is 0 Å². The number of fused-ring (bicyclic) bond motifs is 2. The number of benzene rings is 2. The molecule has 0 bridgehead atoms. The van der Waals surface area contributed by atoms with Crippen molar-refractivity contribution in [2.45, 2.75) is 43.7 Å². The fourth-order valence-electron chi connectivity index (χ4n) is 7.39. The largest absolute Gasteiger partial charge is 0.454 e. The average molecular weight is 621 g/mol. The molecule has 4 aromatic rings. The number of carbonyl (C=O) groups is 2. The molecule has 2 aliphatic carbocycles. The van der Waals surface area contributed by atoms with E-state index < -0.39 is 11.0 Å². The number of halogens is 2. The summed E-state index contributed by atoms with van der Waals surface area (Å²) in [6.07, 6.45) is 3.81. The number of ketones is 2. The molecule has 4 atom stereocenters. The van der Waals surface area contributed by atoms with Crippen molar-refractivity contribution in [3.8, 4) is 0 Å². The van der Waals surface area contributed by atoms with Crippen LogP contribution in [0.4, 0.5) is 0 Å². The van der Waals surface area contributed by atoms with E-state index in [0.29, 0.717) is 44.8 Å². The average Bonchev–Trinajstić information content (AvgIpc) is 3.61. The number of rotatable bonds is 2. The van der Waals surface area contributed by atoms with Crippen molar-refractivity contribution >= 4 is 60.3 Å². The highest BCUT2D eigenvalue weighted by atomic mass is 79.9. The number of Topliss-reactive ketones (excluding diaryl/α,β-unsaturated/α-hetero) is 2. The van der Waals surface area contributed by atoms with Gasteiger partial charge in [-0.05, 0) is 110 Å². The fraction of sp³-hybridized carbons (Fsp3) is 0.267. The molecule has 3 aliphatic rings. The van der Waals surface area contributed by atoms with E-state index in [2.05, 4.69) is 44.1 Å². The van der Waals surface area contributed by atoms with E-state index in [0.717, 1.165) is 22.8 Å². The molecule has 1 saturated heterocycles. The molecule has 2 aromatic heterocycles. The summed E-state index contributed by atoms with van der Waals surface area (Å²) in [7, 11) is 0. The molecule has 37 heavy (non-hydrogen) atoms. The molecule has 2 spiro atoms. The molecule has 2 aromatic carbocycles. The molecule has 186 valence electrons. The van der Waals surface area contributed by atoms with Gasteiger partial charge >= 0.3 is 0 Å². The first-order valence-corrected chi connectivity index (χ1v) is 14.1. The minimum absolute atomic E-state index is 0.0150. The molecule has 0 radical (unpaired) electrons. The van der Waals surface area contributed by atoms with Gasteiger partial charge in [-0.15, -0.1) is 0 Å². The van der Waals surface area contributed by atoms with Crippen molar-refractivity contribution in [1.82, 2.24) is 5.32 Å². The molecule has 3 heterocycles. The lowest BCUT2D eigenvalue weighted by atomic mass is 9.53. The highest BCUT2D eigenvalue weighted by Gasteiger charge is 2.73. The zero-order valence-corrected chi connectivity index (χ0v) is 23.2. The maximum atomic E-state index is 14.9. The van der Waals surface area contributed by atoms with Crippen molar-refractivity contribution in [3.63, 3.8) is 0 Å². The Hall–Kier alpha value is -2.74. The summed E-state index contributed by atoms with van der Waals surface area (Å²) >= 11 is 6.81. The molecule has 1 aliphatic heterocycles. The van der Waals surface area contributed by atoms with Gasteiger partial charge in [-0.1, -0.05) is 36.4 Å². The van der Waals surface area contributed by atoms with Crippen LogP contribution in [-0.4, -0.2) is 17.6 Å². The molecule has 1 N–H and O–H groups in total. The predicted octanol–water partition coefficient (Wildman–Crippen LogP) is 7.54. The number of hydrogen-bond acceptors (Lipinski definition) is 5.